The molecule has 100 valence electrons. The highest BCUT2D eigenvalue weighted by Gasteiger charge is 2.03. The Labute approximate surface area is 108 Å². The van der Waals surface area contributed by atoms with Crippen LogP contribution in [-0.4, -0.2) is 28.4 Å². The molecule has 4 heteroatoms. The summed E-state index contributed by atoms with van der Waals surface area (Å²) in [5, 5.41) is 0. The molecule has 0 aromatic heterocycles. The van der Waals surface area contributed by atoms with E-state index in [9.17, 15) is 4.79 Å². The zero-order valence-corrected chi connectivity index (χ0v) is 12.8. The summed E-state index contributed by atoms with van der Waals surface area (Å²) in [7, 11) is -0.449. The maximum Gasteiger partial charge on any atom is 0.330 e. The van der Waals surface area contributed by atoms with Gasteiger partial charge in [-0.1, -0.05) is 20.4 Å². The summed E-state index contributed by atoms with van der Waals surface area (Å²) < 4.78 is 10.7. The fraction of sp³-hybridized carbons (Fsp3) is 0.769. The summed E-state index contributed by atoms with van der Waals surface area (Å²) >= 11 is 0. The third-order valence-corrected chi connectivity index (χ3v) is 4.10. The van der Waals surface area contributed by atoms with Crippen LogP contribution in [0.4, 0.5) is 0 Å². The summed E-state index contributed by atoms with van der Waals surface area (Å²) in [5.41, 5.74) is 0. The summed E-state index contributed by atoms with van der Waals surface area (Å²) in [6.45, 7) is 10.4. The first kappa shape index (κ1) is 16.4. The van der Waals surface area contributed by atoms with Crippen molar-refractivity contribution in [3.8, 4) is 0 Å². The number of esters is 1. The van der Waals surface area contributed by atoms with Crippen LogP contribution in [0.1, 0.15) is 40.0 Å². The minimum absolute atomic E-state index is 0.335. The predicted molar refractivity (Wildman–Crippen MR) is 73.7 cm³/mol. The fourth-order valence-electron chi connectivity index (χ4n) is 1.37. The molecule has 0 bridgehead atoms. The van der Waals surface area contributed by atoms with Gasteiger partial charge in [0.05, 0.1) is 6.61 Å². The molecule has 1 unspecified atom stereocenters. The largest absolute Gasteiger partial charge is 0.463 e. The lowest BCUT2D eigenvalue weighted by Crippen LogP contribution is -2.13. The number of rotatable bonds is 10. The van der Waals surface area contributed by atoms with E-state index in [1.807, 2.05) is 0 Å². The molecule has 0 aliphatic rings. The second-order valence-corrected chi connectivity index (χ2v) is 6.18. The zero-order chi connectivity index (χ0) is 13.1. The summed E-state index contributed by atoms with van der Waals surface area (Å²) in [6, 6.07) is 1.07. The predicted octanol–water partition coefficient (Wildman–Crippen LogP) is 2.45. The van der Waals surface area contributed by atoms with Crippen LogP contribution in [0.5, 0.6) is 0 Å². The Hall–Kier alpha value is -0.613. The van der Waals surface area contributed by atoms with E-state index in [0.717, 1.165) is 24.8 Å². The molecule has 1 atom stereocenters. The van der Waals surface area contributed by atoms with Crippen molar-refractivity contribution in [2.24, 2.45) is 5.92 Å². The average Bonchev–Trinajstić information content (AvgIpc) is 2.30. The second-order valence-electron chi connectivity index (χ2n) is 4.73. The number of carbonyl (C=O) groups excluding carboxylic acids is 1. The third kappa shape index (κ3) is 11.6. The number of carbonyl (C=O) groups is 1. The molecule has 0 aliphatic carbocycles. The van der Waals surface area contributed by atoms with Gasteiger partial charge < -0.3 is 9.16 Å². The monoisotopic (exact) mass is 258 g/mol. The van der Waals surface area contributed by atoms with Gasteiger partial charge in [-0.05, 0) is 38.1 Å². The SMILES string of the molecule is C=CC(=O)OCCC[SiH2]OC(C)CCC(C)C. The molecule has 0 spiro atoms. The van der Waals surface area contributed by atoms with Gasteiger partial charge in [0.1, 0.15) is 0 Å². The van der Waals surface area contributed by atoms with Gasteiger partial charge in [-0.3, -0.25) is 0 Å². The van der Waals surface area contributed by atoms with Crippen molar-refractivity contribution < 1.29 is 14.0 Å². The van der Waals surface area contributed by atoms with Crippen LogP contribution in [0.3, 0.4) is 0 Å². The van der Waals surface area contributed by atoms with Crippen molar-refractivity contribution in [3.63, 3.8) is 0 Å². The van der Waals surface area contributed by atoms with Crippen molar-refractivity contribution in [2.45, 2.75) is 52.2 Å². The van der Waals surface area contributed by atoms with E-state index in [4.69, 9.17) is 9.16 Å². The van der Waals surface area contributed by atoms with Crippen molar-refractivity contribution in [3.05, 3.63) is 12.7 Å². The molecular weight excluding hydrogens is 232 g/mol. The summed E-state index contributed by atoms with van der Waals surface area (Å²) in [5.74, 6) is 0.416. The van der Waals surface area contributed by atoms with E-state index in [-0.39, 0.29) is 5.97 Å². The molecule has 0 amide bonds. The highest BCUT2D eigenvalue weighted by Crippen LogP contribution is 2.09. The van der Waals surface area contributed by atoms with Crippen molar-refractivity contribution in [1.29, 1.82) is 0 Å². The van der Waals surface area contributed by atoms with Gasteiger partial charge in [0.2, 0.25) is 0 Å². The van der Waals surface area contributed by atoms with Gasteiger partial charge in [-0.15, -0.1) is 0 Å². The van der Waals surface area contributed by atoms with Crippen molar-refractivity contribution in [2.75, 3.05) is 6.61 Å². The second kappa shape index (κ2) is 10.5. The summed E-state index contributed by atoms with van der Waals surface area (Å²) in [4.78, 5) is 10.7. The number of hydrogen-bond donors (Lipinski definition) is 0. The highest BCUT2D eigenvalue weighted by molar-refractivity contribution is 6.27. The lowest BCUT2D eigenvalue weighted by molar-refractivity contribution is -0.137. The van der Waals surface area contributed by atoms with Gasteiger partial charge in [-0.2, -0.15) is 0 Å². The Bertz CT molecular complexity index is 217. The smallest absolute Gasteiger partial charge is 0.330 e. The lowest BCUT2D eigenvalue weighted by atomic mass is 10.1. The molecule has 0 aliphatic heterocycles. The molecule has 0 heterocycles. The van der Waals surface area contributed by atoms with Gasteiger partial charge in [0.25, 0.3) is 0 Å². The molecular formula is C13H26O3Si. The van der Waals surface area contributed by atoms with Crippen molar-refractivity contribution >= 4 is 15.7 Å². The van der Waals surface area contributed by atoms with Crippen LogP contribution >= 0.6 is 0 Å². The van der Waals surface area contributed by atoms with Gasteiger partial charge in [-0.25, -0.2) is 4.79 Å². The third-order valence-electron chi connectivity index (χ3n) is 2.50. The van der Waals surface area contributed by atoms with E-state index < -0.39 is 9.76 Å². The Morgan fingerprint density at radius 1 is 1.35 bits per heavy atom. The molecule has 0 radical (unpaired) electrons. The van der Waals surface area contributed by atoms with Crippen molar-refractivity contribution in [1.82, 2.24) is 0 Å². The molecule has 0 fully saturated rings. The van der Waals surface area contributed by atoms with Gasteiger partial charge in [0, 0.05) is 12.2 Å². The molecule has 0 N–H and O–H groups in total. The zero-order valence-electron chi connectivity index (χ0n) is 11.4. The maximum atomic E-state index is 10.7. The standard InChI is InChI=1S/C13H26O3Si/c1-5-13(14)15-9-6-10-17-16-12(4)8-7-11(2)3/h5,11-12H,1,6-10,17H2,2-4H3. The van der Waals surface area contributed by atoms with Gasteiger partial charge >= 0.3 is 5.97 Å². The minimum atomic E-state index is -0.449. The molecule has 3 nitrogen and oxygen atoms in total. The Kier molecular flexibility index (Phi) is 10.2. The molecule has 0 aromatic carbocycles. The van der Waals surface area contributed by atoms with E-state index in [1.54, 1.807) is 0 Å². The quantitative estimate of drug-likeness (QED) is 0.261. The molecule has 0 saturated heterocycles. The lowest BCUT2D eigenvalue weighted by Gasteiger charge is -2.14. The minimum Gasteiger partial charge on any atom is -0.463 e. The first-order valence-corrected chi connectivity index (χ1v) is 8.04. The topological polar surface area (TPSA) is 35.5 Å². The van der Waals surface area contributed by atoms with E-state index >= 15 is 0 Å². The van der Waals surface area contributed by atoms with Crippen LogP contribution in [0.15, 0.2) is 12.7 Å². The van der Waals surface area contributed by atoms with Crippen LogP contribution in [-0.2, 0) is 14.0 Å². The Morgan fingerprint density at radius 3 is 2.65 bits per heavy atom. The van der Waals surface area contributed by atoms with Gasteiger partial charge in [0.15, 0.2) is 9.76 Å². The molecule has 0 saturated carbocycles. The average molecular weight is 258 g/mol. The highest BCUT2D eigenvalue weighted by atomic mass is 28.2. The van der Waals surface area contributed by atoms with Crippen LogP contribution in [0.2, 0.25) is 6.04 Å². The molecule has 0 aromatic rings. The summed E-state index contributed by atoms with van der Waals surface area (Å²) in [6.07, 6.45) is 4.87. The van der Waals surface area contributed by atoms with E-state index in [0.29, 0.717) is 12.7 Å². The molecule has 0 rings (SSSR count). The Morgan fingerprint density at radius 2 is 2.06 bits per heavy atom. The fourth-order valence-corrected chi connectivity index (χ4v) is 2.52. The van der Waals surface area contributed by atoms with Crippen LogP contribution in [0.25, 0.3) is 0 Å². The molecule has 17 heavy (non-hydrogen) atoms. The first-order chi connectivity index (χ1) is 8.06. The maximum absolute atomic E-state index is 10.7. The Balaban J connectivity index is 3.27. The first-order valence-electron chi connectivity index (χ1n) is 6.47. The van der Waals surface area contributed by atoms with E-state index in [2.05, 4.69) is 27.4 Å². The normalized spacial score (nSPS) is 13.2. The van der Waals surface area contributed by atoms with Crippen LogP contribution in [0, 0.1) is 5.92 Å². The van der Waals surface area contributed by atoms with E-state index in [1.165, 1.54) is 12.5 Å². The van der Waals surface area contributed by atoms with Crippen LogP contribution < -0.4 is 0 Å². The number of ether oxygens (including phenoxy) is 1. The number of hydrogen-bond acceptors (Lipinski definition) is 3.